The number of fused-ring (bicyclic) bond motifs is 1. The molecule has 2 saturated heterocycles. The minimum Gasteiger partial charge on any atom is -0.311 e. The normalized spacial score (nSPS) is 59.5. The van der Waals surface area contributed by atoms with Crippen molar-refractivity contribution in [2.75, 3.05) is 6.54 Å². The highest BCUT2D eigenvalue weighted by Crippen LogP contribution is 2.62. The minimum absolute atomic E-state index is 0.572. The van der Waals surface area contributed by atoms with Gasteiger partial charge in [0.25, 0.3) is 0 Å². The molecular weight excluding hydrogens is 278 g/mol. The zero-order valence-corrected chi connectivity index (χ0v) is 14.9. The second-order valence-corrected chi connectivity index (χ2v) is 11.3. The second kappa shape index (κ2) is 4.77. The molecule has 0 aromatic carbocycles. The van der Waals surface area contributed by atoms with Crippen LogP contribution in [0.3, 0.4) is 0 Å². The van der Waals surface area contributed by atoms with Crippen LogP contribution in [0.2, 0.25) is 0 Å². The molecule has 0 aromatic heterocycles. The van der Waals surface area contributed by atoms with Crippen molar-refractivity contribution in [3.8, 4) is 0 Å². The van der Waals surface area contributed by atoms with Gasteiger partial charge in [0, 0.05) is 5.54 Å². The van der Waals surface area contributed by atoms with E-state index in [1.54, 1.807) is 64.2 Å². The predicted octanol–water partition coefficient (Wildman–Crippen LogP) is 5.15. The van der Waals surface area contributed by atoms with Crippen molar-refractivity contribution < 1.29 is 0 Å². The van der Waals surface area contributed by atoms with E-state index in [0.29, 0.717) is 5.54 Å². The largest absolute Gasteiger partial charge is 0.311 e. The molecule has 8 fully saturated rings. The molecule has 1 nitrogen and oxygen atoms in total. The maximum Gasteiger partial charge on any atom is 0.0187 e. The number of rotatable bonds is 3. The average molecular weight is 314 g/mol. The zero-order chi connectivity index (χ0) is 15.1. The van der Waals surface area contributed by atoms with Gasteiger partial charge < -0.3 is 5.32 Å². The lowest BCUT2D eigenvalue weighted by atomic mass is 9.48. The quantitative estimate of drug-likeness (QED) is 0.759. The molecule has 1 N–H and O–H groups in total. The van der Waals surface area contributed by atoms with E-state index < -0.39 is 0 Å². The van der Waals surface area contributed by atoms with Gasteiger partial charge in [-0.25, -0.2) is 0 Å². The fourth-order valence-corrected chi connectivity index (χ4v) is 9.29. The van der Waals surface area contributed by atoms with Gasteiger partial charge in [-0.15, -0.1) is 0 Å². The van der Waals surface area contributed by atoms with Crippen LogP contribution in [0.15, 0.2) is 0 Å². The first-order valence-corrected chi connectivity index (χ1v) is 10.9. The van der Waals surface area contributed by atoms with Crippen LogP contribution in [-0.4, -0.2) is 12.1 Å². The smallest absolute Gasteiger partial charge is 0.0187 e. The molecular formula is C22H35N. The molecule has 0 amide bonds. The Kier molecular flexibility index (Phi) is 2.94. The number of hydrogen-bond donors (Lipinski definition) is 1. The molecule has 8 rings (SSSR count). The van der Waals surface area contributed by atoms with Crippen molar-refractivity contribution in [2.45, 2.75) is 89.0 Å². The number of nitrogens with one attached hydrogen (secondary N) is 1. The van der Waals surface area contributed by atoms with Gasteiger partial charge in [-0.2, -0.15) is 0 Å². The predicted molar refractivity (Wildman–Crippen MR) is 94.1 cm³/mol. The van der Waals surface area contributed by atoms with Crippen molar-refractivity contribution in [1.82, 2.24) is 5.32 Å². The molecule has 0 spiro atoms. The first-order chi connectivity index (χ1) is 11.2. The molecule has 2 unspecified atom stereocenters. The van der Waals surface area contributed by atoms with Gasteiger partial charge in [-0.1, -0.05) is 0 Å². The summed E-state index contributed by atoms with van der Waals surface area (Å²) in [6.07, 6.45) is 20.5. The standard InChI is InChI=1S/C22H35N/c1(21-9-15-3-16(10-21)5-17(4-15)11-21)2-22-12-18-6-19(13-22)8-20(7-18)14-23-22/h15-20,23H,1-14H2. The fourth-order valence-electron chi connectivity index (χ4n) is 9.29. The highest BCUT2D eigenvalue weighted by Gasteiger charge is 2.53. The van der Waals surface area contributed by atoms with E-state index in [1.165, 1.54) is 25.8 Å². The van der Waals surface area contributed by atoms with Crippen molar-refractivity contribution in [2.24, 2.45) is 40.9 Å². The molecule has 23 heavy (non-hydrogen) atoms. The molecule has 0 aromatic rings. The van der Waals surface area contributed by atoms with E-state index in [0.717, 1.165) is 40.9 Å². The summed E-state index contributed by atoms with van der Waals surface area (Å²) in [6.45, 7) is 1.36. The van der Waals surface area contributed by atoms with Crippen molar-refractivity contribution in [3.63, 3.8) is 0 Å². The molecule has 8 aliphatic rings. The summed E-state index contributed by atoms with van der Waals surface area (Å²) in [5.41, 5.74) is 1.37. The Morgan fingerprint density at radius 2 is 1.04 bits per heavy atom. The van der Waals surface area contributed by atoms with Crippen molar-refractivity contribution in [1.29, 1.82) is 0 Å². The molecule has 8 bridgehead atoms. The summed E-state index contributed by atoms with van der Waals surface area (Å²) in [5, 5.41) is 4.15. The lowest BCUT2D eigenvalue weighted by Gasteiger charge is -2.58. The third-order valence-corrected chi connectivity index (χ3v) is 9.42. The van der Waals surface area contributed by atoms with E-state index >= 15 is 0 Å². The Balaban J connectivity index is 1.21. The van der Waals surface area contributed by atoms with Gasteiger partial charge in [-0.3, -0.25) is 0 Å². The van der Waals surface area contributed by atoms with Crippen LogP contribution in [-0.2, 0) is 0 Å². The van der Waals surface area contributed by atoms with E-state index in [4.69, 9.17) is 0 Å². The van der Waals surface area contributed by atoms with Crippen LogP contribution >= 0.6 is 0 Å². The Labute approximate surface area is 142 Å². The number of hydrogen-bond acceptors (Lipinski definition) is 1. The van der Waals surface area contributed by atoms with E-state index in [2.05, 4.69) is 5.32 Å². The second-order valence-electron chi connectivity index (χ2n) is 11.3. The summed E-state index contributed by atoms with van der Waals surface area (Å²) in [7, 11) is 0. The van der Waals surface area contributed by atoms with E-state index in [9.17, 15) is 0 Å². The van der Waals surface area contributed by atoms with Crippen LogP contribution in [0.4, 0.5) is 0 Å². The SMILES string of the molecule is C1NC2(CCC34CC5CC(CC(C5)C3)C4)CC3CC1CC(C3)C2. The van der Waals surface area contributed by atoms with E-state index in [-0.39, 0.29) is 0 Å². The van der Waals surface area contributed by atoms with Gasteiger partial charge in [-0.05, 0) is 131 Å². The summed E-state index contributed by atoms with van der Waals surface area (Å²) in [5.74, 6) is 6.59. The molecule has 2 aliphatic heterocycles. The maximum atomic E-state index is 4.15. The topological polar surface area (TPSA) is 12.0 Å². The van der Waals surface area contributed by atoms with Crippen LogP contribution in [0.25, 0.3) is 0 Å². The van der Waals surface area contributed by atoms with Gasteiger partial charge in [0.2, 0.25) is 0 Å². The highest BCUT2D eigenvalue weighted by atomic mass is 15.0. The van der Waals surface area contributed by atoms with Crippen molar-refractivity contribution >= 4 is 0 Å². The first kappa shape index (κ1) is 14.2. The van der Waals surface area contributed by atoms with Crippen LogP contribution in [0.1, 0.15) is 83.5 Å². The lowest BCUT2D eigenvalue weighted by molar-refractivity contribution is -0.0637. The Morgan fingerprint density at radius 1 is 0.565 bits per heavy atom. The van der Waals surface area contributed by atoms with Gasteiger partial charge >= 0.3 is 0 Å². The van der Waals surface area contributed by atoms with Gasteiger partial charge in [0.15, 0.2) is 0 Å². The summed E-state index contributed by atoms with van der Waals surface area (Å²) >= 11 is 0. The first-order valence-electron chi connectivity index (χ1n) is 10.9. The third kappa shape index (κ3) is 2.28. The molecule has 2 atom stereocenters. The fraction of sp³-hybridized carbons (Fsp3) is 1.00. The van der Waals surface area contributed by atoms with Crippen molar-refractivity contribution in [3.05, 3.63) is 0 Å². The van der Waals surface area contributed by atoms with Crippen LogP contribution in [0, 0.1) is 40.9 Å². The monoisotopic (exact) mass is 313 g/mol. The molecule has 128 valence electrons. The summed E-state index contributed by atoms with van der Waals surface area (Å²) in [4.78, 5) is 0. The average Bonchev–Trinajstić information content (AvgIpc) is 2.69. The molecule has 2 heterocycles. The van der Waals surface area contributed by atoms with Crippen LogP contribution in [0.5, 0.6) is 0 Å². The van der Waals surface area contributed by atoms with Crippen LogP contribution < -0.4 is 5.32 Å². The Bertz CT molecular complexity index is 445. The third-order valence-electron chi connectivity index (χ3n) is 9.42. The molecule has 1 heteroatoms. The van der Waals surface area contributed by atoms with Gasteiger partial charge in [0.1, 0.15) is 0 Å². The highest BCUT2D eigenvalue weighted by molar-refractivity contribution is 5.06. The van der Waals surface area contributed by atoms with Gasteiger partial charge in [0.05, 0.1) is 0 Å². The minimum atomic E-state index is 0.572. The maximum absolute atomic E-state index is 4.15. The van der Waals surface area contributed by atoms with E-state index in [1.807, 2.05) is 0 Å². The Morgan fingerprint density at radius 3 is 1.61 bits per heavy atom. The molecule has 6 aliphatic carbocycles. The lowest BCUT2D eigenvalue weighted by Crippen LogP contribution is -2.51. The zero-order valence-electron chi connectivity index (χ0n) is 14.9. The summed E-state index contributed by atoms with van der Waals surface area (Å²) in [6, 6.07) is 0. The molecule has 6 saturated carbocycles. The molecule has 0 radical (unpaired) electrons. The Hall–Kier alpha value is -0.0400. The summed E-state index contributed by atoms with van der Waals surface area (Å²) < 4.78 is 0.